The van der Waals surface area contributed by atoms with E-state index in [1.807, 2.05) is 0 Å². The van der Waals surface area contributed by atoms with Gasteiger partial charge in [0.15, 0.2) is 0 Å². The molecule has 1 aliphatic rings. The minimum atomic E-state index is -1.99. The first-order valence-corrected chi connectivity index (χ1v) is 6.57. The summed E-state index contributed by atoms with van der Waals surface area (Å²) in [6.45, 7) is 1.22. The van der Waals surface area contributed by atoms with Crippen LogP contribution in [-0.2, 0) is 20.1 Å². The van der Waals surface area contributed by atoms with E-state index in [1.54, 1.807) is 11.9 Å². The monoisotopic (exact) mass is 317 g/mol. The average molecular weight is 317 g/mol. The summed E-state index contributed by atoms with van der Waals surface area (Å²) in [5.41, 5.74) is -4.21. The maximum absolute atomic E-state index is 13.5. The number of carbonyl (C=O) groups excluding carboxylic acids is 1. The molecule has 122 valence electrons. The number of esters is 1. The number of aliphatic hydroxyl groups is 1. The highest BCUT2D eigenvalue weighted by molar-refractivity contribution is 5.77. The fourth-order valence-electron chi connectivity index (χ4n) is 2.30. The highest BCUT2D eigenvalue weighted by Gasteiger charge is 2.54. The first-order valence-electron chi connectivity index (χ1n) is 6.57. The van der Waals surface area contributed by atoms with Gasteiger partial charge in [-0.1, -0.05) is 0 Å². The molecular formula is C12H16FN3O6. The van der Waals surface area contributed by atoms with Crippen LogP contribution in [0.15, 0.2) is 15.8 Å². The molecule has 1 aromatic heterocycles. The molecule has 9 nitrogen and oxygen atoms in total. The molecule has 0 aromatic carbocycles. The van der Waals surface area contributed by atoms with Crippen molar-refractivity contribution in [1.29, 1.82) is 0 Å². The van der Waals surface area contributed by atoms with Crippen LogP contribution >= 0.6 is 0 Å². The van der Waals surface area contributed by atoms with Gasteiger partial charge < -0.3 is 9.84 Å². The van der Waals surface area contributed by atoms with E-state index in [1.165, 1.54) is 12.1 Å². The fourth-order valence-corrected chi connectivity index (χ4v) is 2.30. The zero-order valence-corrected chi connectivity index (χ0v) is 12.0. The number of likely N-dealkylation sites (N-methyl/N-ethyl adjacent to an activating group) is 1. The Morgan fingerprint density at radius 3 is 2.86 bits per heavy atom. The van der Waals surface area contributed by atoms with E-state index in [0.717, 1.165) is 0 Å². The summed E-state index contributed by atoms with van der Waals surface area (Å²) in [6, 6.07) is -0.605. The Hall–Kier alpha value is -2.04. The lowest BCUT2D eigenvalue weighted by atomic mass is 10.1. The molecular weight excluding hydrogens is 301 g/mol. The number of aromatic nitrogens is 2. The lowest BCUT2D eigenvalue weighted by Crippen LogP contribution is -2.51. The summed E-state index contributed by atoms with van der Waals surface area (Å²) in [5, 5.41) is 10.5. The van der Waals surface area contributed by atoms with E-state index >= 15 is 0 Å². The topological polar surface area (TPSA) is 114 Å². The van der Waals surface area contributed by atoms with Gasteiger partial charge in [0, 0.05) is 13.5 Å². The molecule has 0 aliphatic carbocycles. The molecule has 1 aliphatic heterocycles. The third-order valence-corrected chi connectivity index (χ3v) is 3.41. The van der Waals surface area contributed by atoms with E-state index in [4.69, 9.17) is 9.57 Å². The predicted molar refractivity (Wildman–Crippen MR) is 70.2 cm³/mol. The van der Waals surface area contributed by atoms with Crippen LogP contribution in [0, 0.1) is 5.82 Å². The molecule has 1 fully saturated rings. The first kappa shape index (κ1) is 16.3. The second kappa shape index (κ2) is 5.99. The van der Waals surface area contributed by atoms with Crippen LogP contribution in [-0.4, -0.2) is 52.0 Å². The minimum Gasteiger partial charge on any atom is -0.462 e. The van der Waals surface area contributed by atoms with E-state index in [9.17, 15) is 23.9 Å². The zero-order chi connectivity index (χ0) is 16.5. The number of hydrogen-bond donors (Lipinski definition) is 2. The quantitative estimate of drug-likeness (QED) is 0.651. The van der Waals surface area contributed by atoms with Gasteiger partial charge in [0.25, 0.3) is 11.3 Å². The maximum Gasteiger partial charge on any atom is 0.362 e. The number of H-pyrrole nitrogens is 1. The molecule has 2 heterocycles. The van der Waals surface area contributed by atoms with Crippen molar-refractivity contribution in [3.05, 3.63) is 32.9 Å². The molecule has 2 atom stereocenters. The zero-order valence-electron chi connectivity index (χ0n) is 12.0. The van der Waals surface area contributed by atoms with Gasteiger partial charge in [-0.05, 0) is 6.92 Å². The van der Waals surface area contributed by atoms with Gasteiger partial charge in [-0.15, -0.1) is 0 Å². The number of hydroxylamine groups is 2. The predicted octanol–water partition coefficient (Wildman–Crippen LogP) is -1.48. The van der Waals surface area contributed by atoms with Crippen molar-refractivity contribution in [3.63, 3.8) is 0 Å². The normalized spacial score (nSPS) is 25.4. The molecule has 0 saturated carbocycles. The molecule has 2 N–H and O–H groups in total. The van der Waals surface area contributed by atoms with Crippen molar-refractivity contribution < 1.29 is 23.9 Å². The number of aliphatic hydroxyl groups excluding tert-OH is 1. The van der Waals surface area contributed by atoms with Gasteiger partial charge in [0.2, 0.25) is 5.82 Å². The van der Waals surface area contributed by atoms with E-state index in [-0.39, 0.29) is 19.6 Å². The Balaban J connectivity index is 2.61. The molecule has 0 spiro atoms. The SMILES string of the molecule is CCOC(=O)[C@]1(n2cc(F)c(=O)[nH]c2=O)C[C@@H](CO)N(C)O1. The Labute approximate surface area is 123 Å². The van der Waals surface area contributed by atoms with Crippen molar-refractivity contribution >= 4 is 5.97 Å². The van der Waals surface area contributed by atoms with Crippen molar-refractivity contribution in [2.75, 3.05) is 20.3 Å². The lowest BCUT2D eigenvalue weighted by Gasteiger charge is -2.27. The number of halogens is 1. The summed E-state index contributed by atoms with van der Waals surface area (Å²) in [5.74, 6) is -2.17. The molecule has 1 aromatic rings. The average Bonchev–Trinajstić information content (AvgIpc) is 2.81. The number of ether oxygens (including phenoxy) is 1. The molecule has 0 amide bonds. The van der Waals surface area contributed by atoms with Gasteiger partial charge in [0.05, 0.1) is 25.5 Å². The molecule has 0 bridgehead atoms. The maximum atomic E-state index is 13.5. The Morgan fingerprint density at radius 1 is 1.64 bits per heavy atom. The second-order valence-corrected chi connectivity index (χ2v) is 4.79. The number of nitrogens with one attached hydrogen (secondary N) is 1. The highest BCUT2D eigenvalue weighted by Crippen LogP contribution is 2.34. The van der Waals surface area contributed by atoms with Crippen LogP contribution in [0.25, 0.3) is 0 Å². The second-order valence-electron chi connectivity index (χ2n) is 4.79. The Kier molecular flexibility index (Phi) is 4.44. The van der Waals surface area contributed by atoms with Gasteiger partial charge in [0.1, 0.15) is 0 Å². The largest absolute Gasteiger partial charge is 0.462 e. The van der Waals surface area contributed by atoms with Crippen LogP contribution in [0.2, 0.25) is 0 Å². The summed E-state index contributed by atoms with van der Waals surface area (Å²) in [7, 11) is 1.45. The number of hydrogen-bond acceptors (Lipinski definition) is 7. The molecule has 10 heteroatoms. The fraction of sp³-hybridized carbons (Fsp3) is 0.583. The number of carbonyl (C=O) groups is 1. The van der Waals surface area contributed by atoms with Crippen molar-refractivity contribution in [2.24, 2.45) is 0 Å². The Morgan fingerprint density at radius 2 is 2.32 bits per heavy atom. The van der Waals surface area contributed by atoms with E-state index in [2.05, 4.69) is 0 Å². The van der Waals surface area contributed by atoms with Crippen LogP contribution in [0.4, 0.5) is 4.39 Å². The van der Waals surface area contributed by atoms with Crippen LogP contribution in [0.3, 0.4) is 0 Å². The number of aromatic amines is 1. The lowest BCUT2D eigenvalue weighted by molar-refractivity contribution is -0.239. The van der Waals surface area contributed by atoms with E-state index < -0.39 is 34.8 Å². The number of rotatable bonds is 4. The van der Waals surface area contributed by atoms with Crippen molar-refractivity contribution in [3.8, 4) is 0 Å². The molecule has 0 radical (unpaired) electrons. The third-order valence-electron chi connectivity index (χ3n) is 3.41. The Bertz CT molecular complexity index is 686. The first-order chi connectivity index (χ1) is 10.4. The summed E-state index contributed by atoms with van der Waals surface area (Å²) < 4.78 is 19.1. The molecule has 1 saturated heterocycles. The van der Waals surface area contributed by atoms with Gasteiger partial charge >= 0.3 is 11.7 Å². The van der Waals surface area contributed by atoms with Gasteiger partial charge in [-0.25, -0.2) is 9.59 Å². The van der Waals surface area contributed by atoms with Gasteiger partial charge in [-0.3, -0.25) is 19.2 Å². The minimum absolute atomic E-state index is 0.0119. The third kappa shape index (κ3) is 2.56. The van der Waals surface area contributed by atoms with Crippen LogP contribution in [0.1, 0.15) is 13.3 Å². The van der Waals surface area contributed by atoms with E-state index in [0.29, 0.717) is 10.8 Å². The molecule has 0 unspecified atom stereocenters. The van der Waals surface area contributed by atoms with Crippen LogP contribution < -0.4 is 11.2 Å². The smallest absolute Gasteiger partial charge is 0.362 e. The number of nitrogens with zero attached hydrogens (tertiary/aromatic N) is 2. The van der Waals surface area contributed by atoms with Crippen molar-refractivity contribution in [1.82, 2.24) is 14.6 Å². The highest BCUT2D eigenvalue weighted by atomic mass is 19.1. The van der Waals surface area contributed by atoms with Gasteiger partial charge in [-0.2, -0.15) is 9.45 Å². The summed E-state index contributed by atoms with van der Waals surface area (Å²) >= 11 is 0. The molecule has 22 heavy (non-hydrogen) atoms. The van der Waals surface area contributed by atoms with Crippen molar-refractivity contribution in [2.45, 2.75) is 25.1 Å². The van der Waals surface area contributed by atoms with Crippen LogP contribution in [0.5, 0.6) is 0 Å². The summed E-state index contributed by atoms with van der Waals surface area (Å²) in [6.07, 6.45) is 0.440. The summed E-state index contributed by atoms with van der Waals surface area (Å²) in [4.78, 5) is 42.6. The standard InChI is InChI=1S/C12H16FN3O6/c1-3-21-10(19)12(4-7(6-17)15(2)22-12)16-5-8(13)9(18)14-11(16)20/h5,7,17H,3-4,6H2,1-2H3,(H,14,18,20)/t7-,12-/m0/s1. The molecule has 2 rings (SSSR count).